The topological polar surface area (TPSA) is 72.7 Å². The van der Waals surface area contributed by atoms with Crippen LogP contribution in [0.5, 0.6) is 0 Å². The monoisotopic (exact) mass is 264 g/mol. The van der Waals surface area contributed by atoms with E-state index < -0.39 is 0 Å². The van der Waals surface area contributed by atoms with Gasteiger partial charge in [0.25, 0.3) is 5.91 Å². The van der Waals surface area contributed by atoms with Gasteiger partial charge in [-0.25, -0.2) is 0 Å². The fourth-order valence-electron chi connectivity index (χ4n) is 1.84. The summed E-state index contributed by atoms with van der Waals surface area (Å²) in [7, 11) is 4.03. The van der Waals surface area contributed by atoms with Gasteiger partial charge in [0.1, 0.15) is 5.76 Å². The molecule has 1 atom stereocenters. The summed E-state index contributed by atoms with van der Waals surface area (Å²) >= 11 is 0. The van der Waals surface area contributed by atoms with Crippen LogP contribution in [0.1, 0.15) is 28.1 Å². The zero-order valence-corrected chi connectivity index (χ0v) is 11.3. The molecule has 0 bridgehead atoms. The number of aromatic nitrogens is 1. The number of carbonyl (C=O) groups is 1. The fraction of sp³-hybridized carbons (Fsp3) is 0.385. The largest absolute Gasteiger partial charge is 0.463 e. The number of nitrogens with one attached hydrogen (secondary N) is 2. The third-order valence-electron chi connectivity index (χ3n) is 2.91. The van der Waals surface area contributed by atoms with Crippen molar-refractivity contribution in [2.24, 2.45) is 0 Å². The first-order chi connectivity index (χ1) is 9.08. The molecule has 0 unspecified atom stereocenters. The van der Waals surface area contributed by atoms with Crippen LogP contribution in [0.4, 0.5) is 0 Å². The Morgan fingerprint density at radius 2 is 2.32 bits per heavy atom. The Hall–Kier alpha value is -2.08. The van der Waals surface area contributed by atoms with Gasteiger partial charge in [-0.3, -0.25) is 4.79 Å². The molecule has 0 saturated carbocycles. The lowest BCUT2D eigenvalue weighted by Gasteiger charge is -2.19. The first kappa shape index (κ1) is 13.4. The number of amides is 1. The highest BCUT2D eigenvalue weighted by Crippen LogP contribution is 2.09. The molecule has 0 spiro atoms. The molecule has 2 N–H and O–H groups in total. The minimum atomic E-state index is -0.241. The number of furan rings is 1. The molecule has 0 aliphatic rings. The molecule has 19 heavy (non-hydrogen) atoms. The number of quaternary nitrogens is 1. The van der Waals surface area contributed by atoms with Crippen molar-refractivity contribution in [2.75, 3.05) is 20.6 Å². The minimum absolute atomic E-state index is 0.0620. The Labute approximate surface area is 111 Å². The molecular weight excluding hydrogens is 246 g/mol. The van der Waals surface area contributed by atoms with Crippen LogP contribution in [0.3, 0.4) is 0 Å². The summed E-state index contributed by atoms with van der Waals surface area (Å²) in [6, 6.07) is 5.42. The maximum atomic E-state index is 11.9. The van der Waals surface area contributed by atoms with Crippen molar-refractivity contribution in [1.82, 2.24) is 10.5 Å². The molecule has 0 radical (unpaired) electrons. The number of hydrogen-bond acceptors (Lipinski definition) is 4. The van der Waals surface area contributed by atoms with E-state index in [1.807, 2.05) is 26.2 Å². The molecule has 6 heteroatoms. The van der Waals surface area contributed by atoms with Crippen molar-refractivity contribution in [1.29, 1.82) is 0 Å². The van der Waals surface area contributed by atoms with E-state index in [1.54, 1.807) is 19.3 Å². The van der Waals surface area contributed by atoms with Crippen molar-refractivity contribution >= 4 is 5.91 Å². The Balaban J connectivity index is 1.98. The van der Waals surface area contributed by atoms with E-state index >= 15 is 0 Å². The summed E-state index contributed by atoms with van der Waals surface area (Å²) < 4.78 is 10.3. The molecule has 2 rings (SSSR count). The number of aryl methyl sites for hydroxylation is 1. The number of hydrogen-bond donors (Lipinski definition) is 2. The third kappa shape index (κ3) is 3.23. The van der Waals surface area contributed by atoms with E-state index in [0.717, 1.165) is 5.76 Å². The lowest BCUT2D eigenvalue weighted by atomic mass is 10.2. The van der Waals surface area contributed by atoms with Crippen molar-refractivity contribution in [2.45, 2.75) is 13.0 Å². The summed E-state index contributed by atoms with van der Waals surface area (Å²) in [5.74, 6) is 1.22. The second kappa shape index (κ2) is 5.71. The normalized spacial score (nSPS) is 12.6. The smallest absolute Gasteiger partial charge is 0.273 e. The predicted octanol–water partition coefficient (Wildman–Crippen LogP) is 0.192. The summed E-state index contributed by atoms with van der Waals surface area (Å²) in [4.78, 5) is 13.1. The first-order valence-electron chi connectivity index (χ1n) is 6.13. The molecule has 0 aromatic carbocycles. The van der Waals surface area contributed by atoms with Gasteiger partial charge in [0, 0.05) is 6.07 Å². The highest BCUT2D eigenvalue weighted by atomic mass is 16.5. The van der Waals surface area contributed by atoms with E-state index in [2.05, 4.69) is 10.5 Å². The van der Waals surface area contributed by atoms with Crippen LogP contribution in [0.15, 0.2) is 33.4 Å². The molecular formula is C13H18N3O3+. The number of carbonyl (C=O) groups excluding carboxylic acids is 1. The predicted molar refractivity (Wildman–Crippen MR) is 67.8 cm³/mol. The molecule has 2 aromatic heterocycles. The van der Waals surface area contributed by atoms with Crippen LogP contribution in [-0.4, -0.2) is 31.7 Å². The van der Waals surface area contributed by atoms with Gasteiger partial charge in [-0.15, -0.1) is 0 Å². The molecule has 6 nitrogen and oxygen atoms in total. The Kier molecular flexibility index (Phi) is 4.01. The van der Waals surface area contributed by atoms with Crippen LogP contribution in [0, 0.1) is 6.92 Å². The molecule has 102 valence electrons. The quantitative estimate of drug-likeness (QED) is 0.808. The zero-order valence-electron chi connectivity index (χ0n) is 11.3. The van der Waals surface area contributed by atoms with E-state index in [9.17, 15) is 4.79 Å². The molecule has 2 heterocycles. The maximum Gasteiger partial charge on any atom is 0.273 e. The number of likely N-dealkylation sites (N-methyl/N-ethyl adjacent to an activating group) is 1. The van der Waals surface area contributed by atoms with Gasteiger partial charge >= 0.3 is 0 Å². The van der Waals surface area contributed by atoms with Gasteiger partial charge in [-0.2, -0.15) is 0 Å². The van der Waals surface area contributed by atoms with Crippen LogP contribution in [0.2, 0.25) is 0 Å². The highest BCUT2D eigenvalue weighted by Gasteiger charge is 2.22. The van der Waals surface area contributed by atoms with Gasteiger partial charge in [0.05, 0.1) is 26.9 Å². The molecule has 1 amide bonds. The maximum absolute atomic E-state index is 11.9. The summed E-state index contributed by atoms with van der Waals surface area (Å²) in [5.41, 5.74) is 0.296. The Bertz CT molecular complexity index is 531. The van der Waals surface area contributed by atoms with E-state index in [-0.39, 0.29) is 11.9 Å². The minimum Gasteiger partial charge on any atom is -0.463 e. The van der Waals surface area contributed by atoms with Crippen molar-refractivity contribution < 1.29 is 18.6 Å². The van der Waals surface area contributed by atoms with E-state index in [0.29, 0.717) is 18.0 Å². The van der Waals surface area contributed by atoms with Crippen molar-refractivity contribution in [3.63, 3.8) is 0 Å². The number of rotatable bonds is 5. The first-order valence-corrected chi connectivity index (χ1v) is 6.13. The van der Waals surface area contributed by atoms with Gasteiger partial charge in [-0.05, 0) is 19.1 Å². The van der Waals surface area contributed by atoms with E-state index in [1.165, 1.54) is 4.90 Å². The molecule has 0 aliphatic carbocycles. The fourth-order valence-corrected chi connectivity index (χ4v) is 1.84. The van der Waals surface area contributed by atoms with Crippen LogP contribution in [0.25, 0.3) is 0 Å². The third-order valence-corrected chi connectivity index (χ3v) is 2.91. The van der Waals surface area contributed by atoms with Gasteiger partial charge < -0.3 is 19.2 Å². The van der Waals surface area contributed by atoms with Crippen molar-refractivity contribution in [3.8, 4) is 0 Å². The van der Waals surface area contributed by atoms with Crippen LogP contribution < -0.4 is 10.2 Å². The number of nitrogens with zero attached hydrogens (tertiary/aromatic N) is 1. The summed E-state index contributed by atoms with van der Waals surface area (Å²) in [6.07, 6.45) is 1.63. The van der Waals surface area contributed by atoms with Crippen LogP contribution >= 0.6 is 0 Å². The summed E-state index contributed by atoms with van der Waals surface area (Å²) in [6.45, 7) is 2.22. The second-order valence-corrected chi connectivity index (χ2v) is 4.68. The standard InChI is InChI=1S/C13H17N3O3/c1-9-7-10(15-19-9)13(17)14-8-11(16(2)3)12-5-4-6-18-12/h4-7,11H,8H2,1-3H3,(H,14,17)/p+1/t11-/m0/s1. The zero-order chi connectivity index (χ0) is 13.8. The molecule has 0 saturated heterocycles. The lowest BCUT2D eigenvalue weighted by molar-refractivity contribution is -0.891. The average molecular weight is 264 g/mol. The Morgan fingerprint density at radius 3 is 2.84 bits per heavy atom. The van der Waals surface area contributed by atoms with Gasteiger partial charge in [-0.1, -0.05) is 5.16 Å². The van der Waals surface area contributed by atoms with Crippen LogP contribution in [-0.2, 0) is 0 Å². The molecule has 2 aromatic rings. The molecule has 0 aliphatic heterocycles. The van der Waals surface area contributed by atoms with E-state index in [4.69, 9.17) is 8.94 Å². The summed E-state index contributed by atoms with van der Waals surface area (Å²) in [5, 5.41) is 6.52. The average Bonchev–Trinajstić information content (AvgIpc) is 3.00. The SMILES string of the molecule is Cc1cc(C(=O)NC[C@@H](c2ccco2)[NH+](C)C)no1. The van der Waals surface area contributed by atoms with Crippen molar-refractivity contribution in [3.05, 3.63) is 41.7 Å². The highest BCUT2D eigenvalue weighted by molar-refractivity contribution is 5.92. The lowest BCUT2D eigenvalue weighted by Crippen LogP contribution is -3.07. The Morgan fingerprint density at radius 1 is 1.53 bits per heavy atom. The van der Waals surface area contributed by atoms with Gasteiger partial charge in [0.2, 0.25) is 0 Å². The molecule has 0 fully saturated rings. The van der Waals surface area contributed by atoms with Gasteiger partial charge in [0.15, 0.2) is 17.5 Å². The second-order valence-electron chi connectivity index (χ2n) is 4.68.